The molecule has 0 radical (unpaired) electrons. The molecule has 4 aliphatic heterocycles. The normalized spacial score (nSPS) is 30.4. The lowest BCUT2D eigenvalue weighted by molar-refractivity contribution is -0.141. The van der Waals surface area contributed by atoms with Crippen molar-refractivity contribution in [1.29, 1.82) is 0 Å². The largest absolute Gasteiger partial charge is 0.497 e. The molecular formula is C38H54N4O12S2. The lowest BCUT2D eigenvalue weighted by Crippen LogP contribution is -2.58. The van der Waals surface area contributed by atoms with Gasteiger partial charge in [0.2, 0.25) is 0 Å². The van der Waals surface area contributed by atoms with Crippen LogP contribution in [-0.2, 0) is 44.6 Å². The maximum atomic E-state index is 12.6. The van der Waals surface area contributed by atoms with Crippen molar-refractivity contribution in [2.75, 3.05) is 34.4 Å². The summed E-state index contributed by atoms with van der Waals surface area (Å²) in [5, 5.41) is 24.3. The number of carbonyl (C=O) groups is 3. The highest BCUT2D eigenvalue weighted by molar-refractivity contribution is 8.14. The minimum atomic E-state index is -1.12. The lowest BCUT2D eigenvalue weighted by Gasteiger charge is -2.40. The van der Waals surface area contributed by atoms with Crippen LogP contribution in [0.3, 0.4) is 0 Å². The van der Waals surface area contributed by atoms with Gasteiger partial charge in [0.1, 0.15) is 46.6 Å². The Morgan fingerprint density at radius 3 is 2.14 bits per heavy atom. The summed E-state index contributed by atoms with van der Waals surface area (Å²) in [4.78, 5) is 46.0. The van der Waals surface area contributed by atoms with Gasteiger partial charge in [-0.2, -0.15) is 0 Å². The number of hydrogen-bond acceptors (Lipinski definition) is 16. The van der Waals surface area contributed by atoms with Crippen LogP contribution >= 0.6 is 23.5 Å². The molecule has 5 rings (SSSR count). The zero-order valence-electron chi connectivity index (χ0n) is 33.1. The molecule has 18 heteroatoms. The van der Waals surface area contributed by atoms with Crippen molar-refractivity contribution in [2.45, 2.75) is 107 Å². The van der Waals surface area contributed by atoms with Crippen molar-refractivity contribution in [3.63, 3.8) is 0 Å². The van der Waals surface area contributed by atoms with E-state index in [9.17, 15) is 24.6 Å². The minimum Gasteiger partial charge on any atom is -0.497 e. The molecule has 0 saturated carbocycles. The van der Waals surface area contributed by atoms with E-state index in [1.54, 1.807) is 41.1 Å². The van der Waals surface area contributed by atoms with Crippen LogP contribution in [0, 0.1) is 5.92 Å². The molecule has 10 atom stereocenters. The first kappa shape index (κ1) is 45.1. The number of benzene rings is 1. The molecule has 0 aliphatic carbocycles. The van der Waals surface area contributed by atoms with E-state index in [-0.39, 0.29) is 30.1 Å². The van der Waals surface area contributed by atoms with E-state index in [1.807, 2.05) is 52.0 Å². The molecule has 0 bridgehead atoms. The molecule has 1 aromatic rings. The molecule has 0 unspecified atom stereocenters. The molecule has 0 spiro atoms. The molecular weight excluding hydrogens is 769 g/mol. The number of aliphatic hydroxyl groups is 2. The van der Waals surface area contributed by atoms with Crippen LogP contribution in [0.2, 0.25) is 0 Å². The third kappa shape index (κ3) is 12.2. The summed E-state index contributed by atoms with van der Waals surface area (Å²) in [6.45, 7) is 11.9. The fourth-order valence-corrected chi connectivity index (χ4v) is 8.15. The topological polar surface area (TPSA) is 196 Å². The highest BCUT2D eigenvalue weighted by Gasteiger charge is 2.50. The van der Waals surface area contributed by atoms with Gasteiger partial charge in [-0.1, -0.05) is 42.6 Å². The first-order valence-electron chi connectivity index (χ1n) is 18.3. The SMILES string of the molecule is CCOC(=O)/C=C/[C@H]1O[C@@H]2SC(=NC)N[C@@H]2[C@@H](O)[C@@H]1O.CCOC(=O)/C=C/[C@H]1O[C@@H]2SC(N(C)C(=O)OC(C)(C)C)=N[C@@H]2[C@@H](OCc2ccc(OC)cc2)[C@@H]1C. The van der Waals surface area contributed by atoms with Crippen molar-refractivity contribution in [3.05, 3.63) is 54.1 Å². The Labute approximate surface area is 336 Å². The fraction of sp³-hybridized carbons (Fsp3) is 0.605. The van der Waals surface area contributed by atoms with E-state index >= 15 is 0 Å². The maximum absolute atomic E-state index is 12.6. The van der Waals surface area contributed by atoms with E-state index in [0.717, 1.165) is 11.3 Å². The number of esters is 2. The van der Waals surface area contributed by atoms with Gasteiger partial charge in [-0.15, -0.1) is 0 Å². The Balaban J connectivity index is 0.000000293. The van der Waals surface area contributed by atoms with Crippen molar-refractivity contribution in [3.8, 4) is 5.75 Å². The Kier molecular flexibility index (Phi) is 16.6. The Hall–Kier alpha value is -3.65. The number of nitrogens with zero attached hydrogens (tertiary/aromatic N) is 3. The number of fused-ring (bicyclic) bond motifs is 2. The van der Waals surface area contributed by atoms with Gasteiger partial charge in [-0.05, 0) is 64.5 Å². The van der Waals surface area contributed by atoms with Crippen LogP contribution in [-0.4, -0.2) is 137 Å². The predicted molar refractivity (Wildman–Crippen MR) is 212 cm³/mol. The van der Waals surface area contributed by atoms with Crippen molar-refractivity contribution in [2.24, 2.45) is 15.9 Å². The summed E-state index contributed by atoms with van der Waals surface area (Å²) in [7, 11) is 4.89. The van der Waals surface area contributed by atoms with Crippen LogP contribution < -0.4 is 10.1 Å². The molecule has 310 valence electrons. The standard InChI is InChI=1S/C26H36N2O7S.C12H18N2O5S/c1-8-32-20(29)14-13-19-16(2)22(33-15-17-9-11-18(31-7)12-10-17)21-23(34-19)36-24(27-21)28(6)25(30)35-26(3,4)5;1-3-18-7(15)5-4-6-9(16)10(17)8-11(19-6)20-12(13-2)14-8/h9-14,16,19,21-23H,8,15H2,1-7H3;4-6,8-11,16-17H,3H2,1-2H3,(H,13,14)/b14-13+;5-4+/t16-,19-,21-,22+,23-;6-,8-,9-,10-,11-/m11/s1. The number of methoxy groups -OCH3 is 1. The zero-order chi connectivity index (χ0) is 41.2. The van der Waals surface area contributed by atoms with E-state index in [2.05, 4.69) is 10.3 Å². The molecule has 3 saturated heterocycles. The van der Waals surface area contributed by atoms with Gasteiger partial charge in [0, 0.05) is 32.2 Å². The van der Waals surface area contributed by atoms with Gasteiger partial charge in [-0.25, -0.2) is 14.4 Å². The molecule has 56 heavy (non-hydrogen) atoms. The summed E-state index contributed by atoms with van der Waals surface area (Å²) in [6.07, 6.45) is 1.61. The predicted octanol–water partition coefficient (Wildman–Crippen LogP) is 3.64. The third-order valence-corrected chi connectivity index (χ3v) is 11.1. The molecule has 1 aromatic carbocycles. The number of ether oxygens (including phenoxy) is 7. The Morgan fingerprint density at radius 1 is 0.964 bits per heavy atom. The summed E-state index contributed by atoms with van der Waals surface area (Å²) >= 11 is 2.69. The Morgan fingerprint density at radius 2 is 1.57 bits per heavy atom. The summed E-state index contributed by atoms with van der Waals surface area (Å²) < 4.78 is 38.9. The highest BCUT2D eigenvalue weighted by atomic mass is 32.2. The molecule has 1 amide bonds. The van der Waals surface area contributed by atoms with Gasteiger partial charge in [-0.3, -0.25) is 14.9 Å². The van der Waals surface area contributed by atoms with E-state index in [0.29, 0.717) is 23.5 Å². The Bertz CT molecular complexity index is 1620. The zero-order valence-corrected chi connectivity index (χ0v) is 34.8. The van der Waals surface area contributed by atoms with Gasteiger partial charge in [0.25, 0.3) is 0 Å². The minimum absolute atomic E-state index is 0.120. The number of aliphatic imine (C=N–C) groups is 2. The van der Waals surface area contributed by atoms with Crippen molar-refractivity contribution < 1.29 is 57.8 Å². The quantitative estimate of drug-likeness (QED) is 0.176. The third-order valence-electron chi connectivity index (χ3n) is 8.76. The number of aliphatic hydroxyl groups excluding tert-OH is 2. The number of thioether (sulfide) groups is 2. The second-order valence-electron chi connectivity index (χ2n) is 14.0. The van der Waals surface area contributed by atoms with Crippen LogP contribution in [0.1, 0.15) is 47.1 Å². The monoisotopic (exact) mass is 822 g/mol. The van der Waals surface area contributed by atoms with Gasteiger partial charge in [0.05, 0.1) is 45.2 Å². The average molecular weight is 823 g/mol. The second kappa shape index (κ2) is 20.7. The van der Waals surface area contributed by atoms with E-state index in [1.165, 1.54) is 46.7 Å². The number of nitrogens with one attached hydrogen (secondary N) is 1. The average Bonchev–Trinajstić information content (AvgIpc) is 3.78. The lowest BCUT2D eigenvalue weighted by atomic mass is 9.89. The van der Waals surface area contributed by atoms with Crippen LogP contribution in [0.15, 0.2) is 58.6 Å². The van der Waals surface area contributed by atoms with Crippen LogP contribution in [0.5, 0.6) is 5.75 Å². The molecule has 16 nitrogen and oxygen atoms in total. The number of rotatable bonds is 10. The molecule has 4 heterocycles. The number of amidine groups is 2. The van der Waals surface area contributed by atoms with Crippen LogP contribution in [0.4, 0.5) is 4.79 Å². The highest BCUT2D eigenvalue weighted by Crippen LogP contribution is 2.41. The summed E-state index contributed by atoms with van der Waals surface area (Å²) in [5.41, 5.74) is -0.381. The molecule has 4 aliphatic rings. The first-order chi connectivity index (χ1) is 26.6. The number of hydrogen-bond donors (Lipinski definition) is 3. The summed E-state index contributed by atoms with van der Waals surface area (Å²) in [5.74, 6) is -0.278. The second-order valence-corrected chi connectivity index (χ2v) is 16.2. The number of amides is 1. The van der Waals surface area contributed by atoms with Crippen LogP contribution in [0.25, 0.3) is 0 Å². The number of carbonyl (C=O) groups excluding carboxylic acids is 3. The smallest absolute Gasteiger partial charge is 0.416 e. The van der Waals surface area contributed by atoms with Crippen molar-refractivity contribution >= 4 is 51.9 Å². The van der Waals surface area contributed by atoms with Gasteiger partial charge in [0.15, 0.2) is 10.3 Å². The maximum Gasteiger partial charge on any atom is 0.416 e. The first-order valence-corrected chi connectivity index (χ1v) is 20.1. The fourth-order valence-electron chi connectivity index (χ4n) is 5.90. The molecule has 3 N–H and O–H groups in total. The van der Waals surface area contributed by atoms with E-state index in [4.69, 9.17) is 38.2 Å². The van der Waals surface area contributed by atoms with E-state index < -0.39 is 59.5 Å². The molecule has 0 aromatic heterocycles. The van der Waals surface area contributed by atoms with Crippen molar-refractivity contribution in [1.82, 2.24) is 10.2 Å². The summed E-state index contributed by atoms with van der Waals surface area (Å²) in [6, 6.07) is 6.92. The van der Waals surface area contributed by atoms with Gasteiger partial charge >= 0.3 is 18.0 Å². The molecule has 3 fully saturated rings. The van der Waals surface area contributed by atoms with Gasteiger partial charge < -0.3 is 48.7 Å².